The summed E-state index contributed by atoms with van der Waals surface area (Å²) in [7, 11) is 2.17. The first-order valence-electron chi connectivity index (χ1n) is 5.92. The van der Waals surface area contributed by atoms with Crippen LogP contribution >= 0.6 is 0 Å². The second-order valence-corrected chi connectivity index (χ2v) is 4.25. The molecule has 1 aromatic rings. The van der Waals surface area contributed by atoms with Crippen molar-refractivity contribution in [3.8, 4) is 0 Å². The van der Waals surface area contributed by atoms with E-state index in [-0.39, 0.29) is 0 Å². The van der Waals surface area contributed by atoms with Crippen LogP contribution in [0.1, 0.15) is 6.92 Å². The standard InChI is InChI=1S/C12H20N4/c1-3-14-11-8-12(10-13-9-11)16-6-4-15(2)5-7-16/h8-10,14H,3-7H2,1-2H3. The summed E-state index contributed by atoms with van der Waals surface area (Å²) >= 11 is 0. The molecular weight excluding hydrogens is 200 g/mol. The highest BCUT2D eigenvalue weighted by Gasteiger charge is 2.14. The summed E-state index contributed by atoms with van der Waals surface area (Å²) in [5.41, 5.74) is 2.34. The highest BCUT2D eigenvalue weighted by molar-refractivity contribution is 5.55. The second-order valence-electron chi connectivity index (χ2n) is 4.25. The molecule has 0 atom stereocenters. The van der Waals surface area contributed by atoms with E-state index in [4.69, 9.17) is 0 Å². The maximum absolute atomic E-state index is 4.28. The van der Waals surface area contributed by atoms with Crippen LogP contribution in [0.15, 0.2) is 18.5 Å². The summed E-state index contributed by atoms with van der Waals surface area (Å²) in [5, 5.41) is 3.30. The van der Waals surface area contributed by atoms with Gasteiger partial charge in [-0.25, -0.2) is 0 Å². The van der Waals surface area contributed by atoms with Crippen molar-refractivity contribution in [3.05, 3.63) is 18.5 Å². The van der Waals surface area contributed by atoms with E-state index in [1.165, 1.54) is 5.69 Å². The topological polar surface area (TPSA) is 31.4 Å². The average Bonchev–Trinajstić information content (AvgIpc) is 2.31. The number of rotatable bonds is 3. The maximum Gasteiger partial charge on any atom is 0.0574 e. The monoisotopic (exact) mass is 220 g/mol. The minimum atomic E-state index is 0.938. The molecule has 2 rings (SSSR count). The zero-order valence-electron chi connectivity index (χ0n) is 10.1. The van der Waals surface area contributed by atoms with Crippen LogP contribution in [0.25, 0.3) is 0 Å². The predicted molar refractivity (Wildman–Crippen MR) is 68.1 cm³/mol. The Hall–Kier alpha value is -1.29. The molecule has 1 saturated heterocycles. The zero-order chi connectivity index (χ0) is 11.4. The molecule has 0 unspecified atom stereocenters. The Morgan fingerprint density at radius 3 is 2.69 bits per heavy atom. The Bertz CT molecular complexity index is 332. The maximum atomic E-state index is 4.28. The van der Waals surface area contributed by atoms with Crippen molar-refractivity contribution < 1.29 is 0 Å². The van der Waals surface area contributed by atoms with Crippen LogP contribution in [-0.4, -0.2) is 49.7 Å². The van der Waals surface area contributed by atoms with Crippen molar-refractivity contribution in [3.63, 3.8) is 0 Å². The van der Waals surface area contributed by atoms with Gasteiger partial charge in [0.05, 0.1) is 23.8 Å². The molecule has 0 aromatic carbocycles. The fourth-order valence-electron chi connectivity index (χ4n) is 1.97. The van der Waals surface area contributed by atoms with Gasteiger partial charge in [-0.1, -0.05) is 0 Å². The van der Waals surface area contributed by atoms with Gasteiger partial charge in [0.1, 0.15) is 0 Å². The Balaban J connectivity index is 2.05. The largest absolute Gasteiger partial charge is 0.384 e. The fourth-order valence-corrected chi connectivity index (χ4v) is 1.97. The van der Waals surface area contributed by atoms with E-state index in [0.29, 0.717) is 0 Å². The third-order valence-corrected chi connectivity index (χ3v) is 2.97. The van der Waals surface area contributed by atoms with E-state index in [9.17, 15) is 0 Å². The van der Waals surface area contributed by atoms with Crippen LogP contribution < -0.4 is 10.2 Å². The number of aromatic nitrogens is 1. The van der Waals surface area contributed by atoms with Gasteiger partial charge in [-0.2, -0.15) is 0 Å². The van der Waals surface area contributed by atoms with Gasteiger partial charge in [0.25, 0.3) is 0 Å². The van der Waals surface area contributed by atoms with Gasteiger partial charge in [0, 0.05) is 32.7 Å². The molecule has 1 aliphatic heterocycles. The lowest BCUT2D eigenvalue weighted by Crippen LogP contribution is -2.44. The normalized spacial score (nSPS) is 17.5. The van der Waals surface area contributed by atoms with E-state index >= 15 is 0 Å². The van der Waals surface area contributed by atoms with Crippen molar-refractivity contribution >= 4 is 11.4 Å². The van der Waals surface area contributed by atoms with Crippen LogP contribution in [0.2, 0.25) is 0 Å². The molecule has 1 fully saturated rings. The summed E-state index contributed by atoms with van der Waals surface area (Å²) in [5.74, 6) is 0. The molecule has 1 aliphatic rings. The molecular formula is C12H20N4. The predicted octanol–water partition coefficient (Wildman–Crippen LogP) is 1.27. The number of pyridine rings is 1. The molecule has 0 saturated carbocycles. The van der Waals surface area contributed by atoms with E-state index < -0.39 is 0 Å². The average molecular weight is 220 g/mol. The first-order valence-corrected chi connectivity index (χ1v) is 5.92. The summed E-state index contributed by atoms with van der Waals surface area (Å²) in [4.78, 5) is 9.04. The highest BCUT2D eigenvalue weighted by Crippen LogP contribution is 2.18. The molecule has 0 radical (unpaired) electrons. The number of likely N-dealkylation sites (N-methyl/N-ethyl adjacent to an activating group) is 1. The molecule has 0 spiro atoms. The van der Waals surface area contributed by atoms with Crippen LogP contribution in [-0.2, 0) is 0 Å². The van der Waals surface area contributed by atoms with Crippen molar-refractivity contribution in [2.24, 2.45) is 0 Å². The third-order valence-electron chi connectivity index (χ3n) is 2.97. The summed E-state index contributed by atoms with van der Waals surface area (Å²) in [6.45, 7) is 7.48. The quantitative estimate of drug-likeness (QED) is 0.831. The van der Waals surface area contributed by atoms with Gasteiger partial charge in [-0.15, -0.1) is 0 Å². The molecule has 88 valence electrons. The Labute approximate surface area is 97.3 Å². The minimum Gasteiger partial charge on any atom is -0.384 e. The van der Waals surface area contributed by atoms with E-state index in [2.05, 4.69) is 40.1 Å². The molecule has 4 nitrogen and oxygen atoms in total. The van der Waals surface area contributed by atoms with E-state index in [1.54, 1.807) is 0 Å². The number of nitrogens with zero attached hydrogens (tertiary/aromatic N) is 3. The molecule has 0 amide bonds. The van der Waals surface area contributed by atoms with Crippen molar-refractivity contribution in [1.29, 1.82) is 0 Å². The Kier molecular flexibility index (Phi) is 3.62. The number of anilines is 2. The van der Waals surface area contributed by atoms with Crippen LogP contribution in [0, 0.1) is 0 Å². The van der Waals surface area contributed by atoms with Gasteiger partial charge >= 0.3 is 0 Å². The molecule has 1 aromatic heterocycles. The van der Waals surface area contributed by atoms with Gasteiger partial charge in [0.15, 0.2) is 0 Å². The molecule has 16 heavy (non-hydrogen) atoms. The lowest BCUT2D eigenvalue weighted by atomic mass is 10.2. The van der Waals surface area contributed by atoms with Gasteiger partial charge in [-0.05, 0) is 20.0 Å². The van der Waals surface area contributed by atoms with Crippen LogP contribution in [0.3, 0.4) is 0 Å². The fraction of sp³-hybridized carbons (Fsp3) is 0.583. The third kappa shape index (κ3) is 2.64. The molecule has 0 aliphatic carbocycles. The number of hydrogen-bond acceptors (Lipinski definition) is 4. The van der Waals surface area contributed by atoms with Gasteiger partial charge in [0.2, 0.25) is 0 Å². The lowest BCUT2D eigenvalue weighted by Gasteiger charge is -2.33. The lowest BCUT2D eigenvalue weighted by molar-refractivity contribution is 0.313. The highest BCUT2D eigenvalue weighted by atomic mass is 15.2. The van der Waals surface area contributed by atoms with E-state index in [1.807, 2.05) is 12.4 Å². The van der Waals surface area contributed by atoms with Gasteiger partial charge < -0.3 is 15.1 Å². The first-order chi connectivity index (χ1) is 7.79. The number of piperazine rings is 1. The van der Waals surface area contributed by atoms with Crippen molar-refractivity contribution in [2.45, 2.75) is 6.92 Å². The Morgan fingerprint density at radius 2 is 2.00 bits per heavy atom. The summed E-state index contributed by atoms with van der Waals surface area (Å²) in [6.07, 6.45) is 3.83. The molecule has 1 N–H and O–H groups in total. The van der Waals surface area contributed by atoms with Crippen LogP contribution in [0.5, 0.6) is 0 Å². The van der Waals surface area contributed by atoms with Crippen LogP contribution in [0.4, 0.5) is 11.4 Å². The van der Waals surface area contributed by atoms with Gasteiger partial charge in [-0.3, -0.25) is 4.98 Å². The Morgan fingerprint density at radius 1 is 1.25 bits per heavy atom. The first kappa shape index (κ1) is 11.2. The summed E-state index contributed by atoms with van der Waals surface area (Å²) in [6, 6.07) is 2.18. The molecule has 2 heterocycles. The number of nitrogens with one attached hydrogen (secondary N) is 1. The van der Waals surface area contributed by atoms with Crippen molar-refractivity contribution in [1.82, 2.24) is 9.88 Å². The number of hydrogen-bond donors (Lipinski definition) is 1. The smallest absolute Gasteiger partial charge is 0.0574 e. The van der Waals surface area contributed by atoms with E-state index in [0.717, 1.165) is 38.4 Å². The minimum absolute atomic E-state index is 0.938. The molecule has 4 heteroatoms. The SMILES string of the molecule is CCNc1cncc(N2CCN(C)CC2)c1. The second kappa shape index (κ2) is 5.16. The summed E-state index contributed by atoms with van der Waals surface area (Å²) < 4.78 is 0. The zero-order valence-corrected chi connectivity index (χ0v) is 10.1. The van der Waals surface area contributed by atoms with Crippen molar-refractivity contribution in [2.75, 3.05) is 50.0 Å². The molecule has 0 bridgehead atoms.